The number of aromatic nitrogens is 2. The van der Waals surface area contributed by atoms with Crippen LogP contribution >= 0.6 is 11.3 Å². The fourth-order valence-electron chi connectivity index (χ4n) is 1.83. The van der Waals surface area contributed by atoms with E-state index in [4.69, 9.17) is 4.74 Å². The Kier molecular flexibility index (Phi) is 3.96. The number of nitrogens with one attached hydrogen (secondary N) is 2. The summed E-state index contributed by atoms with van der Waals surface area (Å²) in [6.45, 7) is 4.26. The summed E-state index contributed by atoms with van der Waals surface area (Å²) in [6.07, 6.45) is 0. The van der Waals surface area contributed by atoms with Gasteiger partial charge in [0.2, 0.25) is 0 Å². The van der Waals surface area contributed by atoms with Crippen molar-refractivity contribution in [2.24, 2.45) is 0 Å². The third kappa shape index (κ3) is 2.52. The van der Waals surface area contributed by atoms with E-state index in [9.17, 15) is 9.59 Å². The number of esters is 1. The summed E-state index contributed by atoms with van der Waals surface area (Å²) in [6, 6.07) is 0. The molecule has 0 aromatic carbocycles. The zero-order valence-electron chi connectivity index (χ0n) is 11.0. The first kappa shape index (κ1) is 13.7. The molecule has 102 valence electrons. The topological polar surface area (TPSA) is 84.1 Å². The number of aromatic amines is 1. The quantitative estimate of drug-likeness (QED) is 0.822. The lowest BCUT2D eigenvalue weighted by molar-refractivity contribution is 0.0531. The van der Waals surface area contributed by atoms with Crippen LogP contribution in [-0.2, 0) is 11.3 Å². The molecule has 0 saturated carbocycles. The van der Waals surface area contributed by atoms with Crippen LogP contribution in [0.5, 0.6) is 0 Å². The molecule has 0 radical (unpaired) electrons. The Morgan fingerprint density at radius 3 is 2.89 bits per heavy atom. The molecule has 0 saturated heterocycles. The molecule has 0 amide bonds. The van der Waals surface area contributed by atoms with Crippen LogP contribution in [0.1, 0.15) is 28.0 Å². The Labute approximate surface area is 113 Å². The molecule has 2 N–H and O–H groups in total. The number of ether oxygens (including phenoxy) is 1. The van der Waals surface area contributed by atoms with Gasteiger partial charge in [-0.05, 0) is 26.5 Å². The molecule has 2 aromatic rings. The van der Waals surface area contributed by atoms with Gasteiger partial charge in [-0.3, -0.25) is 4.79 Å². The molecule has 0 atom stereocenters. The van der Waals surface area contributed by atoms with E-state index in [1.165, 1.54) is 11.3 Å². The number of carbonyl (C=O) groups excluding carboxylic acids is 1. The standard InChI is InChI=1S/C12H15N3O3S/c1-4-18-12(17)9-6(2)8-10(16)14-7(5-13-3)15-11(8)19-9/h13H,4-5H2,1-3H3,(H,14,15,16). The minimum absolute atomic E-state index is 0.223. The summed E-state index contributed by atoms with van der Waals surface area (Å²) in [5, 5.41) is 3.39. The molecule has 0 aliphatic rings. The summed E-state index contributed by atoms with van der Waals surface area (Å²) in [4.78, 5) is 31.9. The summed E-state index contributed by atoms with van der Waals surface area (Å²) in [5.74, 6) is 0.147. The van der Waals surface area contributed by atoms with Crippen LogP contribution in [-0.4, -0.2) is 29.6 Å². The maximum Gasteiger partial charge on any atom is 0.348 e. The largest absolute Gasteiger partial charge is 0.462 e. The third-order valence-corrected chi connectivity index (χ3v) is 3.82. The van der Waals surface area contributed by atoms with Gasteiger partial charge in [-0.15, -0.1) is 11.3 Å². The highest BCUT2D eigenvalue weighted by Crippen LogP contribution is 2.27. The number of hydrogen-bond donors (Lipinski definition) is 2. The molecule has 19 heavy (non-hydrogen) atoms. The normalized spacial score (nSPS) is 10.9. The van der Waals surface area contributed by atoms with Crippen LogP contribution in [0, 0.1) is 6.92 Å². The molecule has 0 bridgehead atoms. The molecule has 7 heteroatoms. The lowest BCUT2D eigenvalue weighted by Gasteiger charge is -1.99. The first-order valence-electron chi connectivity index (χ1n) is 5.92. The van der Waals surface area contributed by atoms with Crippen molar-refractivity contribution in [3.8, 4) is 0 Å². The van der Waals surface area contributed by atoms with Crippen molar-refractivity contribution in [1.82, 2.24) is 15.3 Å². The monoisotopic (exact) mass is 281 g/mol. The van der Waals surface area contributed by atoms with Gasteiger partial charge in [0.25, 0.3) is 5.56 Å². The second-order valence-corrected chi connectivity index (χ2v) is 5.00. The predicted octanol–water partition coefficient (Wildman–Crippen LogP) is 1.19. The smallest absolute Gasteiger partial charge is 0.348 e. The predicted molar refractivity (Wildman–Crippen MR) is 73.7 cm³/mol. The van der Waals surface area contributed by atoms with Gasteiger partial charge < -0.3 is 15.0 Å². The van der Waals surface area contributed by atoms with Gasteiger partial charge in [0.1, 0.15) is 15.5 Å². The third-order valence-electron chi connectivity index (χ3n) is 2.65. The molecule has 0 fully saturated rings. The molecule has 0 aliphatic carbocycles. The van der Waals surface area contributed by atoms with Crippen molar-refractivity contribution in [2.45, 2.75) is 20.4 Å². The van der Waals surface area contributed by atoms with Crippen LogP contribution in [0.3, 0.4) is 0 Å². The van der Waals surface area contributed by atoms with Crippen LogP contribution in [0.4, 0.5) is 0 Å². The lowest BCUT2D eigenvalue weighted by Crippen LogP contribution is -2.16. The fraction of sp³-hybridized carbons (Fsp3) is 0.417. The van der Waals surface area contributed by atoms with Crippen molar-refractivity contribution in [3.63, 3.8) is 0 Å². The maximum absolute atomic E-state index is 12.0. The first-order valence-corrected chi connectivity index (χ1v) is 6.74. The second-order valence-electron chi connectivity index (χ2n) is 4.00. The fourth-order valence-corrected chi connectivity index (χ4v) is 2.93. The second kappa shape index (κ2) is 5.50. The summed E-state index contributed by atoms with van der Waals surface area (Å²) in [7, 11) is 1.77. The number of fused-ring (bicyclic) bond motifs is 1. The van der Waals surface area contributed by atoms with Gasteiger partial charge in [0, 0.05) is 0 Å². The molecule has 0 aliphatic heterocycles. The Bertz CT molecular complexity index is 675. The number of rotatable bonds is 4. The lowest BCUT2D eigenvalue weighted by atomic mass is 10.2. The molecule has 2 aromatic heterocycles. The Balaban J connectivity index is 2.59. The number of nitrogens with zero attached hydrogens (tertiary/aromatic N) is 1. The van der Waals surface area contributed by atoms with Crippen molar-refractivity contribution in [1.29, 1.82) is 0 Å². The van der Waals surface area contributed by atoms with Gasteiger partial charge in [0.15, 0.2) is 0 Å². The van der Waals surface area contributed by atoms with Crippen LogP contribution in [0.2, 0.25) is 0 Å². The average Bonchev–Trinajstić information content (AvgIpc) is 2.68. The van der Waals surface area contributed by atoms with Crippen LogP contribution in [0.15, 0.2) is 4.79 Å². The Morgan fingerprint density at radius 1 is 1.53 bits per heavy atom. The van der Waals surface area contributed by atoms with Crippen molar-refractivity contribution >= 4 is 27.5 Å². The summed E-state index contributed by atoms with van der Waals surface area (Å²) < 4.78 is 4.98. The SMILES string of the molecule is CCOC(=O)c1sc2nc(CNC)[nH]c(=O)c2c1C. The zero-order valence-corrected chi connectivity index (χ0v) is 11.8. The van der Waals surface area contributed by atoms with E-state index in [1.54, 1.807) is 20.9 Å². The van der Waals surface area contributed by atoms with Gasteiger partial charge in [-0.2, -0.15) is 0 Å². The van der Waals surface area contributed by atoms with Gasteiger partial charge in [-0.25, -0.2) is 9.78 Å². The van der Waals surface area contributed by atoms with E-state index in [0.29, 0.717) is 39.6 Å². The highest BCUT2D eigenvalue weighted by atomic mass is 32.1. The minimum Gasteiger partial charge on any atom is -0.462 e. The highest BCUT2D eigenvalue weighted by Gasteiger charge is 2.19. The van der Waals surface area contributed by atoms with Crippen molar-refractivity contribution < 1.29 is 9.53 Å². The number of carbonyl (C=O) groups is 1. The minimum atomic E-state index is -0.405. The van der Waals surface area contributed by atoms with Gasteiger partial charge in [-0.1, -0.05) is 0 Å². The van der Waals surface area contributed by atoms with E-state index in [-0.39, 0.29) is 5.56 Å². The summed E-state index contributed by atoms with van der Waals surface area (Å²) >= 11 is 1.19. The van der Waals surface area contributed by atoms with Crippen LogP contribution in [0.25, 0.3) is 10.2 Å². The van der Waals surface area contributed by atoms with E-state index >= 15 is 0 Å². The van der Waals surface area contributed by atoms with Gasteiger partial charge in [0.05, 0.1) is 18.5 Å². The molecule has 2 heterocycles. The molecule has 2 rings (SSSR count). The number of aryl methyl sites for hydroxylation is 1. The van der Waals surface area contributed by atoms with Crippen molar-refractivity contribution in [2.75, 3.05) is 13.7 Å². The van der Waals surface area contributed by atoms with E-state index < -0.39 is 5.97 Å². The zero-order chi connectivity index (χ0) is 14.0. The van der Waals surface area contributed by atoms with E-state index in [2.05, 4.69) is 15.3 Å². The summed E-state index contributed by atoms with van der Waals surface area (Å²) in [5.41, 5.74) is 0.405. The first-order chi connectivity index (χ1) is 9.08. The van der Waals surface area contributed by atoms with Crippen molar-refractivity contribution in [3.05, 3.63) is 26.6 Å². The van der Waals surface area contributed by atoms with Gasteiger partial charge >= 0.3 is 5.97 Å². The molecular weight excluding hydrogens is 266 g/mol. The maximum atomic E-state index is 12.0. The molecule has 0 unspecified atom stereocenters. The number of hydrogen-bond acceptors (Lipinski definition) is 6. The Hall–Kier alpha value is -1.73. The molecule has 6 nitrogen and oxygen atoms in total. The highest BCUT2D eigenvalue weighted by molar-refractivity contribution is 7.20. The molecular formula is C12H15N3O3S. The van der Waals surface area contributed by atoms with E-state index in [1.807, 2.05) is 0 Å². The Morgan fingerprint density at radius 2 is 2.26 bits per heavy atom. The average molecular weight is 281 g/mol. The van der Waals surface area contributed by atoms with E-state index in [0.717, 1.165) is 0 Å². The number of H-pyrrole nitrogens is 1. The number of thiophene rings is 1. The molecule has 0 spiro atoms. The van der Waals surface area contributed by atoms with Crippen LogP contribution < -0.4 is 10.9 Å².